The van der Waals surface area contributed by atoms with Gasteiger partial charge in [-0.25, -0.2) is 0 Å². The van der Waals surface area contributed by atoms with E-state index >= 15 is 0 Å². The molecule has 0 fully saturated rings. The van der Waals surface area contributed by atoms with Crippen LogP contribution in [0.25, 0.3) is 22.1 Å². The number of para-hydroxylation sites is 1. The standard InChI is InChI=1S/C22H15N3O4S/c26-21(20-13-12-19(29-20)16-9-3-4-11-18(16)25(27)28)24-22(30)23-17-10-5-7-14-6-1-2-8-15(14)17/h1-13H,(H2,23,24,26,30). The van der Waals surface area contributed by atoms with Crippen LogP contribution in [0.3, 0.4) is 0 Å². The summed E-state index contributed by atoms with van der Waals surface area (Å²) in [6.07, 6.45) is 0. The summed E-state index contributed by atoms with van der Waals surface area (Å²) in [6.45, 7) is 0. The summed E-state index contributed by atoms with van der Waals surface area (Å²) in [6, 6.07) is 22.6. The largest absolute Gasteiger partial charge is 0.451 e. The molecule has 0 spiro atoms. The average molecular weight is 417 g/mol. The van der Waals surface area contributed by atoms with Crippen molar-refractivity contribution in [2.24, 2.45) is 0 Å². The first-order valence-electron chi connectivity index (χ1n) is 8.96. The van der Waals surface area contributed by atoms with E-state index in [0.717, 1.165) is 16.5 Å². The first-order valence-corrected chi connectivity index (χ1v) is 9.37. The normalized spacial score (nSPS) is 10.5. The Kier molecular flexibility index (Phi) is 5.23. The number of benzene rings is 3. The zero-order valence-corrected chi connectivity index (χ0v) is 16.3. The van der Waals surface area contributed by atoms with Gasteiger partial charge in [0, 0.05) is 17.1 Å². The van der Waals surface area contributed by atoms with Crippen molar-refractivity contribution in [2.45, 2.75) is 0 Å². The molecule has 1 aromatic heterocycles. The van der Waals surface area contributed by atoms with E-state index in [9.17, 15) is 14.9 Å². The minimum absolute atomic E-state index is 0.00905. The van der Waals surface area contributed by atoms with E-state index in [-0.39, 0.29) is 27.9 Å². The molecule has 0 unspecified atom stereocenters. The SMILES string of the molecule is O=C(NC(=S)Nc1cccc2ccccc12)c1ccc(-c2ccccc2[N+](=O)[O-])o1. The highest BCUT2D eigenvalue weighted by Gasteiger charge is 2.19. The topological polar surface area (TPSA) is 97.4 Å². The van der Waals surface area contributed by atoms with E-state index in [1.54, 1.807) is 18.2 Å². The maximum absolute atomic E-state index is 12.5. The Labute approximate surface area is 176 Å². The van der Waals surface area contributed by atoms with Crippen molar-refractivity contribution in [1.82, 2.24) is 5.32 Å². The number of hydrogen-bond acceptors (Lipinski definition) is 5. The number of nitro groups is 1. The van der Waals surface area contributed by atoms with Gasteiger partial charge in [-0.3, -0.25) is 20.2 Å². The molecule has 2 N–H and O–H groups in total. The number of fused-ring (bicyclic) bond motifs is 1. The number of hydrogen-bond donors (Lipinski definition) is 2. The summed E-state index contributed by atoms with van der Waals surface area (Å²) in [5.41, 5.74) is 0.948. The van der Waals surface area contributed by atoms with Gasteiger partial charge < -0.3 is 9.73 Å². The Hall–Kier alpha value is -4.04. The number of amides is 1. The number of carbonyl (C=O) groups is 1. The number of nitrogens with zero attached hydrogens (tertiary/aromatic N) is 1. The number of nitro benzene ring substituents is 1. The monoisotopic (exact) mass is 417 g/mol. The first-order chi connectivity index (χ1) is 14.5. The van der Waals surface area contributed by atoms with Gasteiger partial charge in [-0.15, -0.1) is 0 Å². The lowest BCUT2D eigenvalue weighted by molar-refractivity contribution is -0.384. The molecule has 0 bridgehead atoms. The Morgan fingerprint density at radius 1 is 0.933 bits per heavy atom. The highest BCUT2D eigenvalue weighted by atomic mass is 32.1. The fourth-order valence-corrected chi connectivity index (χ4v) is 3.30. The van der Waals surface area contributed by atoms with Gasteiger partial charge in [0.15, 0.2) is 10.9 Å². The zero-order valence-electron chi connectivity index (χ0n) is 15.5. The maximum Gasteiger partial charge on any atom is 0.293 e. The number of rotatable bonds is 4. The number of furan rings is 1. The molecule has 3 aromatic carbocycles. The summed E-state index contributed by atoms with van der Waals surface area (Å²) < 4.78 is 5.54. The van der Waals surface area contributed by atoms with Crippen LogP contribution < -0.4 is 10.6 Å². The lowest BCUT2D eigenvalue weighted by atomic mass is 10.1. The minimum Gasteiger partial charge on any atom is -0.451 e. The van der Waals surface area contributed by atoms with E-state index in [2.05, 4.69) is 10.6 Å². The Bertz CT molecular complexity index is 1280. The highest BCUT2D eigenvalue weighted by Crippen LogP contribution is 2.30. The van der Waals surface area contributed by atoms with Crippen molar-refractivity contribution in [3.63, 3.8) is 0 Å². The van der Waals surface area contributed by atoms with E-state index in [0.29, 0.717) is 0 Å². The molecular weight excluding hydrogens is 402 g/mol. The van der Waals surface area contributed by atoms with Gasteiger partial charge in [0.2, 0.25) is 0 Å². The Balaban J connectivity index is 1.50. The van der Waals surface area contributed by atoms with Gasteiger partial charge in [0.05, 0.1) is 10.5 Å². The summed E-state index contributed by atoms with van der Waals surface area (Å²) >= 11 is 5.26. The number of carbonyl (C=O) groups excluding carboxylic acids is 1. The fraction of sp³-hybridized carbons (Fsp3) is 0. The predicted molar refractivity (Wildman–Crippen MR) is 118 cm³/mol. The van der Waals surface area contributed by atoms with Crippen LogP contribution in [0.2, 0.25) is 0 Å². The molecule has 0 aliphatic carbocycles. The molecule has 8 heteroatoms. The number of thiocarbonyl (C=S) groups is 1. The second kappa shape index (κ2) is 8.14. The summed E-state index contributed by atoms with van der Waals surface area (Å²) in [4.78, 5) is 23.2. The summed E-state index contributed by atoms with van der Waals surface area (Å²) in [7, 11) is 0. The van der Waals surface area contributed by atoms with Crippen molar-refractivity contribution in [2.75, 3.05) is 5.32 Å². The first kappa shape index (κ1) is 19.3. The molecule has 4 aromatic rings. The van der Waals surface area contributed by atoms with Gasteiger partial charge in [0.1, 0.15) is 5.76 Å². The lowest BCUT2D eigenvalue weighted by Gasteiger charge is -2.11. The third kappa shape index (κ3) is 3.89. The summed E-state index contributed by atoms with van der Waals surface area (Å²) in [5.74, 6) is -0.344. The van der Waals surface area contributed by atoms with E-state index in [1.807, 2.05) is 42.5 Å². The average Bonchev–Trinajstić information content (AvgIpc) is 3.24. The third-order valence-corrected chi connectivity index (χ3v) is 4.67. The van der Waals surface area contributed by atoms with E-state index in [4.69, 9.17) is 16.6 Å². The third-order valence-electron chi connectivity index (χ3n) is 4.46. The molecule has 0 radical (unpaired) electrons. The number of nitrogens with one attached hydrogen (secondary N) is 2. The molecule has 0 atom stereocenters. The van der Waals surface area contributed by atoms with Gasteiger partial charge >= 0.3 is 0 Å². The Morgan fingerprint density at radius 2 is 1.67 bits per heavy atom. The predicted octanol–water partition coefficient (Wildman–Crippen LogP) is 5.13. The molecule has 0 saturated heterocycles. The molecular formula is C22H15N3O4S. The minimum atomic E-state index is -0.558. The molecule has 0 aliphatic rings. The zero-order chi connectivity index (χ0) is 21.1. The highest BCUT2D eigenvalue weighted by molar-refractivity contribution is 7.80. The van der Waals surface area contributed by atoms with E-state index < -0.39 is 10.8 Å². The van der Waals surface area contributed by atoms with Gasteiger partial charge in [-0.05, 0) is 41.9 Å². The quantitative estimate of drug-likeness (QED) is 0.271. The lowest BCUT2D eigenvalue weighted by Crippen LogP contribution is -2.33. The molecule has 0 saturated carbocycles. The Morgan fingerprint density at radius 3 is 2.50 bits per heavy atom. The van der Waals surface area contributed by atoms with Crippen LogP contribution in [0.4, 0.5) is 11.4 Å². The molecule has 7 nitrogen and oxygen atoms in total. The van der Waals surface area contributed by atoms with Gasteiger partial charge in [0.25, 0.3) is 11.6 Å². The van der Waals surface area contributed by atoms with Gasteiger partial charge in [-0.1, -0.05) is 48.5 Å². The second-order valence-electron chi connectivity index (χ2n) is 6.37. The number of anilines is 1. The molecule has 1 amide bonds. The summed E-state index contributed by atoms with van der Waals surface area (Å²) in [5, 5.41) is 18.9. The van der Waals surface area contributed by atoms with E-state index in [1.165, 1.54) is 18.2 Å². The van der Waals surface area contributed by atoms with Crippen LogP contribution in [0.1, 0.15) is 10.6 Å². The fourth-order valence-electron chi connectivity index (χ4n) is 3.10. The molecule has 148 valence electrons. The second-order valence-corrected chi connectivity index (χ2v) is 6.78. The van der Waals surface area contributed by atoms with Crippen LogP contribution >= 0.6 is 12.2 Å². The van der Waals surface area contributed by atoms with Crippen molar-refractivity contribution >= 4 is 45.4 Å². The molecule has 30 heavy (non-hydrogen) atoms. The molecule has 1 heterocycles. The molecule has 4 rings (SSSR count). The molecule has 0 aliphatic heterocycles. The van der Waals surface area contributed by atoms with Crippen LogP contribution in [0, 0.1) is 10.1 Å². The smallest absolute Gasteiger partial charge is 0.293 e. The van der Waals surface area contributed by atoms with Crippen molar-refractivity contribution in [1.29, 1.82) is 0 Å². The van der Waals surface area contributed by atoms with Crippen LogP contribution in [0.15, 0.2) is 83.3 Å². The van der Waals surface area contributed by atoms with Crippen LogP contribution in [0.5, 0.6) is 0 Å². The van der Waals surface area contributed by atoms with Crippen molar-refractivity contribution in [3.05, 3.63) is 94.7 Å². The van der Waals surface area contributed by atoms with Gasteiger partial charge in [-0.2, -0.15) is 0 Å². The van der Waals surface area contributed by atoms with Crippen LogP contribution in [-0.2, 0) is 0 Å². The maximum atomic E-state index is 12.5. The van der Waals surface area contributed by atoms with Crippen molar-refractivity contribution in [3.8, 4) is 11.3 Å². The van der Waals surface area contributed by atoms with Crippen molar-refractivity contribution < 1.29 is 14.1 Å². The van der Waals surface area contributed by atoms with Crippen LogP contribution in [-0.4, -0.2) is 15.9 Å².